The minimum absolute atomic E-state index is 0.776. The van der Waals surface area contributed by atoms with Crippen molar-refractivity contribution in [2.75, 3.05) is 13.6 Å². The number of likely N-dealkylation sites (N-methyl/N-ethyl adjacent to an activating group) is 1. The van der Waals surface area contributed by atoms with Crippen molar-refractivity contribution >= 4 is 11.3 Å². The highest BCUT2D eigenvalue weighted by Gasteiger charge is 2.26. The first-order valence-electron chi connectivity index (χ1n) is 6.84. The summed E-state index contributed by atoms with van der Waals surface area (Å²) in [7, 11) is 2.15. The molecule has 0 atom stereocenters. The Balaban J connectivity index is 1.48. The Hall–Kier alpha value is -1.26. The quantitative estimate of drug-likeness (QED) is 0.810. The van der Waals surface area contributed by atoms with Gasteiger partial charge in [0.05, 0.1) is 10.7 Å². The van der Waals surface area contributed by atoms with Gasteiger partial charge in [0.2, 0.25) is 0 Å². The van der Waals surface area contributed by atoms with Gasteiger partial charge in [-0.2, -0.15) is 0 Å². The molecule has 100 valence electrons. The molecule has 0 N–H and O–H groups in total. The van der Waals surface area contributed by atoms with Crippen LogP contribution in [0.15, 0.2) is 29.8 Å². The molecule has 2 heterocycles. The second kappa shape index (κ2) is 5.80. The first kappa shape index (κ1) is 12.8. The highest BCUT2D eigenvalue weighted by atomic mass is 32.1. The number of aromatic nitrogens is 2. The third-order valence-corrected chi connectivity index (χ3v) is 4.46. The molecule has 0 spiro atoms. The first-order chi connectivity index (χ1) is 9.31. The maximum atomic E-state index is 4.73. The summed E-state index contributed by atoms with van der Waals surface area (Å²) in [6.07, 6.45) is 5.53. The van der Waals surface area contributed by atoms with Gasteiger partial charge in [-0.05, 0) is 32.0 Å². The lowest BCUT2D eigenvalue weighted by Gasteiger charge is -2.14. The molecule has 0 radical (unpaired) electrons. The topological polar surface area (TPSA) is 29.0 Å². The largest absolute Gasteiger partial charge is 0.300 e. The predicted octanol–water partition coefficient (Wildman–Crippen LogP) is 3.09. The van der Waals surface area contributed by atoms with Crippen LogP contribution in [0.3, 0.4) is 0 Å². The summed E-state index contributed by atoms with van der Waals surface area (Å²) in [5.74, 6) is 0.776. The molecule has 0 unspecified atom stereocenters. The number of rotatable bonds is 6. The first-order valence-corrected chi connectivity index (χ1v) is 7.72. The zero-order chi connectivity index (χ0) is 13.1. The third kappa shape index (κ3) is 3.61. The average molecular weight is 273 g/mol. The molecular weight excluding hydrogens is 254 g/mol. The van der Waals surface area contributed by atoms with Gasteiger partial charge in [-0.15, -0.1) is 11.3 Å². The van der Waals surface area contributed by atoms with Crippen LogP contribution in [-0.4, -0.2) is 28.5 Å². The van der Waals surface area contributed by atoms with Gasteiger partial charge >= 0.3 is 0 Å². The van der Waals surface area contributed by atoms with Gasteiger partial charge in [-0.3, -0.25) is 4.98 Å². The van der Waals surface area contributed by atoms with Crippen molar-refractivity contribution in [1.82, 2.24) is 14.9 Å². The van der Waals surface area contributed by atoms with Crippen molar-refractivity contribution in [1.29, 1.82) is 0 Å². The van der Waals surface area contributed by atoms with Crippen LogP contribution in [0.1, 0.15) is 35.2 Å². The molecule has 4 heteroatoms. The number of thiazole rings is 1. The normalized spacial score (nSPS) is 15.1. The lowest BCUT2D eigenvalue weighted by Crippen LogP contribution is -2.21. The van der Waals surface area contributed by atoms with Crippen LogP contribution >= 0.6 is 11.3 Å². The molecule has 1 saturated carbocycles. The summed E-state index contributed by atoms with van der Waals surface area (Å²) in [5, 5.41) is 3.55. The Kier molecular flexibility index (Phi) is 3.89. The van der Waals surface area contributed by atoms with Gasteiger partial charge in [0.15, 0.2) is 0 Å². The summed E-state index contributed by atoms with van der Waals surface area (Å²) in [5.41, 5.74) is 2.38. The highest BCUT2D eigenvalue weighted by Crippen LogP contribution is 2.41. The van der Waals surface area contributed by atoms with Crippen LogP contribution in [0.25, 0.3) is 0 Å². The molecule has 0 saturated heterocycles. The van der Waals surface area contributed by atoms with E-state index in [0.29, 0.717) is 0 Å². The van der Waals surface area contributed by atoms with Crippen LogP contribution < -0.4 is 0 Å². The highest BCUT2D eigenvalue weighted by molar-refractivity contribution is 7.09. The van der Waals surface area contributed by atoms with Gasteiger partial charge in [-0.1, -0.05) is 6.07 Å². The standard InChI is InChI=1S/C15H19N3S/c1-18(9-7-13-4-2-3-8-16-13)10-14-11-19-15(17-14)12-5-6-12/h2-4,8,11-12H,5-7,9-10H2,1H3. The van der Waals surface area contributed by atoms with E-state index < -0.39 is 0 Å². The van der Waals surface area contributed by atoms with Crippen LogP contribution in [0, 0.1) is 0 Å². The Morgan fingerprint density at radius 2 is 2.21 bits per heavy atom. The zero-order valence-electron chi connectivity index (χ0n) is 11.2. The smallest absolute Gasteiger partial charge is 0.0959 e. The van der Waals surface area contributed by atoms with Gasteiger partial charge < -0.3 is 4.90 Å². The van der Waals surface area contributed by atoms with Crippen LogP contribution in [-0.2, 0) is 13.0 Å². The van der Waals surface area contributed by atoms with E-state index in [4.69, 9.17) is 4.98 Å². The van der Waals surface area contributed by atoms with E-state index in [-0.39, 0.29) is 0 Å². The molecule has 1 aliphatic rings. The van der Waals surface area contributed by atoms with E-state index in [1.807, 2.05) is 29.7 Å². The fourth-order valence-electron chi connectivity index (χ4n) is 2.12. The summed E-state index contributed by atoms with van der Waals surface area (Å²) in [4.78, 5) is 11.4. The molecule has 0 aromatic carbocycles. The van der Waals surface area contributed by atoms with E-state index in [0.717, 1.165) is 31.1 Å². The molecule has 0 aliphatic heterocycles. The fraction of sp³-hybridized carbons (Fsp3) is 0.467. The molecule has 1 fully saturated rings. The second-order valence-corrected chi connectivity index (χ2v) is 6.15. The van der Waals surface area contributed by atoms with Crippen molar-refractivity contribution in [2.45, 2.75) is 31.7 Å². The minimum atomic E-state index is 0.776. The Bertz CT molecular complexity index is 519. The van der Waals surface area contributed by atoms with Crippen molar-refractivity contribution in [3.8, 4) is 0 Å². The van der Waals surface area contributed by atoms with Crippen molar-refractivity contribution < 1.29 is 0 Å². The lowest BCUT2D eigenvalue weighted by atomic mass is 10.2. The molecule has 2 aromatic heterocycles. The van der Waals surface area contributed by atoms with E-state index >= 15 is 0 Å². The number of hydrogen-bond acceptors (Lipinski definition) is 4. The third-order valence-electron chi connectivity index (χ3n) is 3.40. The van der Waals surface area contributed by atoms with Gasteiger partial charge in [-0.25, -0.2) is 4.98 Å². The molecule has 1 aliphatic carbocycles. The Morgan fingerprint density at radius 3 is 2.95 bits per heavy atom. The molecule has 0 bridgehead atoms. The van der Waals surface area contributed by atoms with E-state index in [2.05, 4.69) is 28.4 Å². The Morgan fingerprint density at radius 1 is 1.32 bits per heavy atom. The van der Waals surface area contributed by atoms with E-state index in [9.17, 15) is 0 Å². The zero-order valence-corrected chi connectivity index (χ0v) is 12.1. The molecule has 0 amide bonds. The second-order valence-electron chi connectivity index (χ2n) is 5.26. The summed E-state index contributed by atoms with van der Waals surface area (Å²) in [6, 6.07) is 6.09. The molecule has 19 heavy (non-hydrogen) atoms. The van der Waals surface area contributed by atoms with E-state index in [1.54, 1.807) is 0 Å². The monoisotopic (exact) mass is 273 g/mol. The van der Waals surface area contributed by atoms with Crippen LogP contribution in [0.2, 0.25) is 0 Å². The van der Waals surface area contributed by atoms with Crippen LogP contribution in [0.4, 0.5) is 0 Å². The maximum absolute atomic E-state index is 4.73. The molecule has 2 aromatic rings. The van der Waals surface area contributed by atoms with Crippen molar-refractivity contribution in [3.63, 3.8) is 0 Å². The van der Waals surface area contributed by atoms with Crippen molar-refractivity contribution in [3.05, 3.63) is 46.2 Å². The van der Waals surface area contributed by atoms with Gasteiger partial charge in [0, 0.05) is 42.7 Å². The Labute approximate surface area is 118 Å². The number of hydrogen-bond donors (Lipinski definition) is 0. The van der Waals surface area contributed by atoms with Gasteiger partial charge in [0.1, 0.15) is 0 Å². The molecular formula is C15H19N3S. The predicted molar refractivity (Wildman–Crippen MR) is 78.4 cm³/mol. The minimum Gasteiger partial charge on any atom is -0.300 e. The summed E-state index contributed by atoms with van der Waals surface area (Å²) < 4.78 is 0. The lowest BCUT2D eigenvalue weighted by molar-refractivity contribution is 0.326. The van der Waals surface area contributed by atoms with Crippen LogP contribution in [0.5, 0.6) is 0 Å². The van der Waals surface area contributed by atoms with E-state index in [1.165, 1.54) is 23.5 Å². The number of pyridine rings is 1. The summed E-state index contributed by atoms with van der Waals surface area (Å²) >= 11 is 1.83. The average Bonchev–Trinajstić information content (AvgIpc) is 3.19. The SMILES string of the molecule is CN(CCc1ccccn1)Cc1csc(C2CC2)n1. The van der Waals surface area contributed by atoms with Gasteiger partial charge in [0.25, 0.3) is 0 Å². The molecule has 3 nitrogen and oxygen atoms in total. The van der Waals surface area contributed by atoms with Crippen molar-refractivity contribution in [2.24, 2.45) is 0 Å². The fourth-order valence-corrected chi connectivity index (χ4v) is 3.10. The maximum Gasteiger partial charge on any atom is 0.0959 e. The number of nitrogens with zero attached hydrogens (tertiary/aromatic N) is 3. The molecule has 3 rings (SSSR count). The summed E-state index contributed by atoms with van der Waals surface area (Å²) in [6.45, 7) is 1.96.